The third-order valence-corrected chi connectivity index (χ3v) is 3.98. The Morgan fingerprint density at radius 3 is 2.68 bits per heavy atom. The van der Waals surface area contributed by atoms with Crippen LogP contribution in [-0.4, -0.2) is 49.8 Å². The standard InChI is InChI=1S/C16H28N2O/c1-3-9-17-11-15-7-8-16(19-15)13-18(10-4-2)12-14-5-6-14/h2,14-17H,3,5-13H2,1H3. The van der Waals surface area contributed by atoms with Crippen LogP contribution in [0.25, 0.3) is 0 Å². The zero-order chi connectivity index (χ0) is 13.5. The number of rotatable bonds is 9. The number of nitrogens with zero attached hydrogens (tertiary/aromatic N) is 1. The van der Waals surface area contributed by atoms with Crippen molar-refractivity contribution in [3.63, 3.8) is 0 Å². The summed E-state index contributed by atoms with van der Waals surface area (Å²) >= 11 is 0. The van der Waals surface area contributed by atoms with Gasteiger partial charge in [-0.3, -0.25) is 4.90 Å². The Hall–Kier alpha value is -0.560. The van der Waals surface area contributed by atoms with Gasteiger partial charge in [0.2, 0.25) is 0 Å². The highest BCUT2D eigenvalue weighted by molar-refractivity contribution is 4.91. The summed E-state index contributed by atoms with van der Waals surface area (Å²) in [6, 6.07) is 0. The molecular weight excluding hydrogens is 236 g/mol. The van der Waals surface area contributed by atoms with Gasteiger partial charge in [0.15, 0.2) is 0 Å². The molecule has 1 saturated heterocycles. The Labute approximate surface area is 118 Å². The minimum absolute atomic E-state index is 0.389. The van der Waals surface area contributed by atoms with E-state index in [-0.39, 0.29) is 0 Å². The molecule has 0 aromatic carbocycles. The van der Waals surface area contributed by atoms with Crippen molar-refractivity contribution in [1.82, 2.24) is 10.2 Å². The maximum atomic E-state index is 6.11. The van der Waals surface area contributed by atoms with Crippen molar-refractivity contribution in [2.75, 3.05) is 32.7 Å². The van der Waals surface area contributed by atoms with Gasteiger partial charge in [-0.15, -0.1) is 6.42 Å². The van der Waals surface area contributed by atoms with E-state index >= 15 is 0 Å². The summed E-state index contributed by atoms with van der Waals surface area (Å²) in [5.41, 5.74) is 0. The minimum atomic E-state index is 0.389. The Kier molecular flexibility index (Phi) is 6.16. The first kappa shape index (κ1) is 14.8. The maximum absolute atomic E-state index is 6.11. The largest absolute Gasteiger partial charge is 0.372 e. The lowest BCUT2D eigenvalue weighted by molar-refractivity contribution is 0.0251. The highest BCUT2D eigenvalue weighted by Crippen LogP contribution is 2.30. The molecule has 1 heterocycles. The van der Waals surface area contributed by atoms with Crippen LogP contribution < -0.4 is 5.32 Å². The van der Waals surface area contributed by atoms with Crippen molar-refractivity contribution < 1.29 is 4.74 Å². The predicted molar refractivity (Wildman–Crippen MR) is 79.1 cm³/mol. The first-order valence-electron chi connectivity index (χ1n) is 7.83. The highest BCUT2D eigenvalue weighted by atomic mass is 16.5. The van der Waals surface area contributed by atoms with Crippen molar-refractivity contribution in [1.29, 1.82) is 0 Å². The fourth-order valence-corrected chi connectivity index (χ4v) is 2.79. The quantitative estimate of drug-likeness (QED) is 0.508. The molecule has 0 aromatic heterocycles. The van der Waals surface area contributed by atoms with Crippen LogP contribution in [0.1, 0.15) is 39.0 Å². The van der Waals surface area contributed by atoms with Crippen LogP contribution in [0.5, 0.6) is 0 Å². The van der Waals surface area contributed by atoms with E-state index in [1.54, 1.807) is 0 Å². The molecule has 2 atom stereocenters. The number of nitrogens with one attached hydrogen (secondary N) is 1. The minimum Gasteiger partial charge on any atom is -0.372 e. The smallest absolute Gasteiger partial charge is 0.0707 e. The van der Waals surface area contributed by atoms with E-state index < -0.39 is 0 Å². The van der Waals surface area contributed by atoms with E-state index in [0.29, 0.717) is 12.2 Å². The molecule has 0 bridgehead atoms. The van der Waals surface area contributed by atoms with Crippen LogP contribution in [0.15, 0.2) is 0 Å². The molecule has 1 aliphatic heterocycles. The summed E-state index contributed by atoms with van der Waals surface area (Å²) in [6.45, 7) is 7.25. The molecule has 2 aliphatic rings. The SMILES string of the molecule is C#CCN(CC1CC1)CC1CCC(CNCCC)O1. The Balaban J connectivity index is 1.65. The molecule has 2 fully saturated rings. The number of hydrogen-bond acceptors (Lipinski definition) is 3. The van der Waals surface area contributed by atoms with Crippen molar-refractivity contribution in [3.05, 3.63) is 0 Å². The topological polar surface area (TPSA) is 24.5 Å². The Morgan fingerprint density at radius 2 is 2.00 bits per heavy atom. The van der Waals surface area contributed by atoms with E-state index in [0.717, 1.165) is 32.1 Å². The molecule has 1 aliphatic carbocycles. The summed E-state index contributed by atoms with van der Waals surface area (Å²) in [4.78, 5) is 2.41. The second-order valence-electron chi connectivity index (χ2n) is 6.00. The van der Waals surface area contributed by atoms with Crippen molar-refractivity contribution in [2.24, 2.45) is 5.92 Å². The third kappa shape index (κ3) is 5.52. The molecule has 1 N–H and O–H groups in total. The van der Waals surface area contributed by atoms with E-state index in [4.69, 9.17) is 11.2 Å². The van der Waals surface area contributed by atoms with E-state index in [1.165, 1.54) is 38.6 Å². The predicted octanol–water partition coefficient (Wildman–Crippen LogP) is 1.88. The van der Waals surface area contributed by atoms with Crippen molar-refractivity contribution >= 4 is 0 Å². The van der Waals surface area contributed by atoms with E-state index in [2.05, 4.69) is 23.1 Å². The maximum Gasteiger partial charge on any atom is 0.0707 e. The van der Waals surface area contributed by atoms with Gasteiger partial charge in [-0.2, -0.15) is 0 Å². The molecule has 19 heavy (non-hydrogen) atoms. The van der Waals surface area contributed by atoms with Crippen LogP contribution in [0, 0.1) is 18.3 Å². The summed E-state index contributed by atoms with van der Waals surface area (Å²) in [5, 5.41) is 3.45. The molecule has 3 nitrogen and oxygen atoms in total. The van der Waals surface area contributed by atoms with Crippen LogP contribution in [0.3, 0.4) is 0 Å². The van der Waals surface area contributed by atoms with Crippen molar-refractivity contribution in [3.8, 4) is 12.3 Å². The van der Waals surface area contributed by atoms with Gasteiger partial charge in [0.25, 0.3) is 0 Å². The molecule has 2 unspecified atom stereocenters. The van der Waals surface area contributed by atoms with Gasteiger partial charge in [-0.25, -0.2) is 0 Å². The lowest BCUT2D eigenvalue weighted by Gasteiger charge is -2.23. The van der Waals surface area contributed by atoms with Crippen LogP contribution in [-0.2, 0) is 4.74 Å². The average Bonchev–Trinajstić information content (AvgIpc) is 3.09. The molecule has 3 heteroatoms. The molecule has 2 rings (SSSR count). The second-order valence-corrected chi connectivity index (χ2v) is 6.00. The van der Waals surface area contributed by atoms with Crippen LogP contribution in [0.2, 0.25) is 0 Å². The molecular formula is C16H28N2O. The zero-order valence-corrected chi connectivity index (χ0v) is 12.2. The molecule has 1 saturated carbocycles. The highest BCUT2D eigenvalue weighted by Gasteiger charge is 2.29. The normalized spacial score (nSPS) is 26.8. The third-order valence-electron chi connectivity index (χ3n) is 3.98. The van der Waals surface area contributed by atoms with Gasteiger partial charge in [0.05, 0.1) is 18.8 Å². The first-order valence-corrected chi connectivity index (χ1v) is 7.83. The molecule has 0 radical (unpaired) electrons. The fourth-order valence-electron chi connectivity index (χ4n) is 2.79. The molecule has 0 amide bonds. The van der Waals surface area contributed by atoms with Crippen LogP contribution >= 0.6 is 0 Å². The fraction of sp³-hybridized carbons (Fsp3) is 0.875. The van der Waals surface area contributed by atoms with E-state index in [9.17, 15) is 0 Å². The van der Waals surface area contributed by atoms with Gasteiger partial charge in [-0.05, 0) is 44.6 Å². The second kappa shape index (κ2) is 7.89. The van der Waals surface area contributed by atoms with Gasteiger partial charge in [0.1, 0.15) is 0 Å². The Bertz CT molecular complexity index is 296. The van der Waals surface area contributed by atoms with Crippen molar-refractivity contribution in [2.45, 2.75) is 51.2 Å². The number of terminal acetylenes is 1. The number of ether oxygens (including phenoxy) is 1. The zero-order valence-electron chi connectivity index (χ0n) is 12.2. The summed E-state index contributed by atoms with van der Waals surface area (Å²) < 4.78 is 6.11. The molecule has 0 aromatic rings. The van der Waals surface area contributed by atoms with Gasteiger partial charge in [0, 0.05) is 19.6 Å². The first-order chi connectivity index (χ1) is 9.31. The Morgan fingerprint density at radius 1 is 1.21 bits per heavy atom. The van der Waals surface area contributed by atoms with Gasteiger partial charge >= 0.3 is 0 Å². The van der Waals surface area contributed by atoms with Gasteiger partial charge in [-0.1, -0.05) is 12.8 Å². The molecule has 108 valence electrons. The summed E-state index contributed by atoms with van der Waals surface area (Å²) in [5.74, 6) is 3.69. The lowest BCUT2D eigenvalue weighted by atomic mass is 10.2. The van der Waals surface area contributed by atoms with E-state index in [1.807, 2.05) is 0 Å². The average molecular weight is 264 g/mol. The molecule has 0 spiro atoms. The van der Waals surface area contributed by atoms with Gasteiger partial charge < -0.3 is 10.1 Å². The number of hydrogen-bond donors (Lipinski definition) is 1. The lowest BCUT2D eigenvalue weighted by Crippen LogP contribution is -2.35. The summed E-state index contributed by atoms with van der Waals surface area (Å²) in [7, 11) is 0. The van der Waals surface area contributed by atoms with Crippen LogP contribution in [0.4, 0.5) is 0 Å². The summed E-state index contributed by atoms with van der Waals surface area (Å²) in [6.07, 6.45) is 12.6. The monoisotopic (exact) mass is 264 g/mol.